The summed E-state index contributed by atoms with van der Waals surface area (Å²) in [5.74, 6) is 0. The van der Waals surface area contributed by atoms with Crippen LogP contribution < -0.4 is 5.32 Å². The molecule has 0 fully saturated rings. The van der Waals surface area contributed by atoms with Crippen molar-refractivity contribution in [1.29, 1.82) is 0 Å². The summed E-state index contributed by atoms with van der Waals surface area (Å²) in [4.78, 5) is 0. The first-order chi connectivity index (χ1) is 8.97. The van der Waals surface area contributed by atoms with Crippen molar-refractivity contribution in [2.45, 2.75) is 65.5 Å². The number of rotatable bonds is 8. The zero-order valence-electron chi connectivity index (χ0n) is 13.1. The topological polar surface area (TPSA) is 50.1 Å². The molecule has 1 aromatic heterocycles. The minimum Gasteiger partial charge on any atom is -0.394 e. The van der Waals surface area contributed by atoms with Crippen LogP contribution in [0.5, 0.6) is 0 Å². The largest absolute Gasteiger partial charge is 0.394 e. The van der Waals surface area contributed by atoms with Gasteiger partial charge < -0.3 is 10.4 Å². The maximum atomic E-state index is 9.34. The quantitative estimate of drug-likeness (QED) is 0.710. The zero-order chi connectivity index (χ0) is 14.5. The summed E-state index contributed by atoms with van der Waals surface area (Å²) in [5.41, 5.74) is 3.70. The molecular formula is C15H29N3O. The molecule has 0 aliphatic heterocycles. The summed E-state index contributed by atoms with van der Waals surface area (Å²) in [6, 6.07) is 0. The first-order valence-electron chi connectivity index (χ1n) is 7.30. The summed E-state index contributed by atoms with van der Waals surface area (Å²) in [6.45, 7) is 9.64. The van der Waals surface area contributed by atoms with Crippen molar-refractivity contribution in [2.75, 3.05) is 13.7 Å². The fourth-order valence-electron chi connectivity index (χ4n) is 2.52. The Bertz CT molecular complexity index is 394. The molecule has 0 bridgehead atoms. The van der Waals surface area contributed by atoms with Gasteiger partial charge >= 0.3 is 0 Å². The van der Waals surface area contributed by atoms with Crippen molar-refractivity contribution in [3.05, 3.63) is 17.0 Å². The molecule has 4 nitrogen and oxygen atoms in total. The standard InChI is InChI=1S/C15H29N3O/c1-6-14-12(2)17-18(13(14)3)10-8-7-9-15(4,11-19)16-5/h16,19H,6-11H2,1-5H3. The van der Waals surface area contributed by atoms with Crippen LogP contribution in [0.2, 0.25) is 0 Å². The molecule has 0 amide bonds. The van der Waals surface area contributed by atoms with Gasteiger partial charge in [-0.15, -0.1) is 0 Å². The van der Waals surface area contributed by atoms with Crippen LogP contribution in [-0.2, 0) is 13.0 Å². The number of aliphatic hydroxyl groups excluding tert-OH is 1. The van der Waals surface area contributed by atoms with Gasteiger partial charge in [0.2, 0.25) is 0 Å². The van der Waals surface area contributed by atoms with Crippen molar-refractivity contribution in [2.24, 2.45) is 0 Å². The molecule has 0 saturated heterocycles. The lowest BCUT2D eigenvalue weighted by atomic mass is 9.96. The van der Waals surface area contributed by atoms with Gasteiger partial charge in [-0.25, -0.2) is 0 Å². The third-order valence-electron chi connectivity index (χ3n) is 4.19. The van der Waals surface area contributed by atoms with E-state index in [1.165, 1.54) is 11.3 Å². The molecule has 1 rings (SSSR count). The Morgan fingerprint density at radius 1 is 1.32 bits per heavy atom. The van der Waals surface area contributed by atoms with Gasteiger partial charge in [-0.05, 0) is 59.1 Å². The number of aryl methyl sites for hydroxylation is 2. The van der Waals surface area contributed by atoms with Gasteiger partial charge in [0.1, 0.15) is 0 Å². The van der Waals surface area contributed by atoms with Crippen molar-refractivity contribution in [3.63, 3.8) is 0 Å². The van der Waals surface area contributed by atoms with E-state index >= 15 is 0 Å². The number of nitrogens with one attached hydrogen (secondary N) is 1. The highest BCUT2D eigenvalue weighted by atomic mass is 16.3. The third kappa shape index (κ3) is 4.05. The zero-order valence-corrected chi connectivity index (χ0v) is 13.1. The van der Waals surface area contributed by atoms with Crippen molar-refractivity contribution >= 4 is 0 Å². The Balaban J connectivity index is 2.46. The lowest BCUT2D eigenvalue weighted by Crippen LogP contribution is -2.43. The molecule has 1 atom stereocenters. The molecule has 2 N–H and O–H groups in total. The predicted molar refractivity (Wildman–Crippen MR) is 79.5 cm³/mol. The number of aliphatic hydroxyl groups is 1. The average Bonchev–Trinajstić information content (AvgIpc) is 2.69. The van der Waals surface area contributed by atoms with Crippen molar-refractivity contribution in [3.8, 4) is 0 Å². The van der Waals surface area contributed by atoms with Gasteiger partial charge in [-0.1, -0.05) is 6.92 Å². The van der Waals surface area contributed by atoms with Crippen LogP contribution in [0.1, 0.15) is 50.1 Å². The van der Waals surface area contributed by atoms with Crippen LogP contribution in [0, 0.1) is 13.8 Å². The molecule has 0 spiro atoms. The second-order valence-electron chi connectivity index (χ2n) is 5.65. The van der Waals surface area contributed by atoms with Crippen LogP contribution in [0.4, 0.5) is 0 Å². The van der Waals surface area contributed by atoms with E-state index in [0.29, 0.717) is 0 Å². The number of hydrogen-bond donors (Lipinski definition) is 2. The van der Waals surface area contributed by atoms with E-state index in [-0.39, 0.29) is 12.1 Å². The number of likely N-dealkylation sites (N-methyl/N-ethyl adjacent to an activating group) is 1. The van der Waals surface area contributed by atoms with Crippen LogP contribution in [0.3, 0.4) is 0 Å². The molecular weight excluding hydrogens is 238 g/mol. The van der Waals surface area contributed by atoms with Crippen LogP contribution in [-0.4, -0.2) is 34.1 Å². The predicted octanol–water partition coefficient (Wildman–Crippen LogP) is 2.20. The number of nitrogens with zero attached hydrogens (tertiary/aromatic N) is 2. The summed E-state index contributed by atoms with van der Waals surface area (Å²) in [5, 5.41) is 17.1. The molecule has 0 aliphatic rings. The average molecular weight is 267 g/mol. The molecule has 110 valence electrons. The number of unbranched alkanes of at least 4 members (excludes halogenated alkanes) is 1. The Hall–Kier alpha value is -0.870. The molecule has 19 heavy (non-hydrogen) atoms. The van der Waals surface area contributed by atoms with Gasteiger partial charge in [-0.2, -0.15) is 5.10 Å². The fraction of sp³-hybridized carbons (Fsp3) is 0.800. The molecule has 0 aromatic carbocycles. The maximum absolute atomic E-state index is 9.34. The smallest absolute Gasteiger partial charge is 0.0628 e. The maximum Gasteiger partial charge on any atom is 0.0628 e. The third-order valence-corrected chi connectivity index (χ3v) is 4.19. The minimum atomic E-state index is -0.149. The van der Waals surface area contributed by atoms with E-state index in [0.717, 1.165) is 37.9 Å². The van der Waals surface area contributed by atoms with E-state index in [2.05, 4.69) is 42.8 Å². The summed E-state index contributed by atoms with van der Waals surface area (Å²) in [7, 11) is 1.91. The van der Waals surface area contributed by atoms with E-state index in [1.54, 1.807) is 0 Å². The Morgan fingerprint density at radius 3 is 2.47 bits per heavy atom. The second-order valence-corrected chi connectivity index (χ2v) is 5.65. The molecule has 1 unspecified atom stereocenters. The molecule has 0 radical (unpaired) electrons. The lowest BCUT2D eigenvalue weighted by Gasteiger charge is -2.26. The molecule has 0 aliphatic carbocycles. The summed E-state index contributed by atoms with van der Waals surface area (Å²) in [6.07, 6.45) is 4.24. The molecule has 1 heterocycles. The normalized spacial score (nSPS) is 14.6. The van der Waals surface area contributed by atoms with E-state index in [1.807, 2.05) is 7.05 Å². The van der Waals surface area contributed by atoms with Gasteiger partial charge in [0.15, 0.2) is 0 Å². The minimum absolute atomic E-state index is 0.149. The summed E-state index contributed by atoms with van der Waals surface area (Å²) < 4.78 is 2.13. The van der Waals surface area contributed by atoms with E-state index in [9.17, 15) is 5.11 Å². The second kappa shape index (κ2) is 7.06. The monoisotopic (exact) mass is 267 g/mol. The highest BCUT2D eigenvalue weighted by Crippen LogP contribution is 2.16. The Kier molecular flexibility index (Phi) is 6.01. The molecule has 0 saturated carbocycles. The van der Waals surface area contributed by atoms with Crippen LogP contribution in [0.25, 0.3) is 0 Å². The van der Waals surface area contributed by atoms with Crippen LogP contribution in [0.15, 0.2) is 0 Å². The first kappa shape index (κ1) is 16.2. The highest BCUT2D eigenvalue weighted by molar-refractivity contribution is 5.24. The summed E-state index contributed by atoms with van der Waals surface area (Å²) >= 11 is 0. The van der Waals surface area contributed by atoms with Gasteiger partial charge in [-0.3, -0.25) is 4.68 Å². The van der Waals surface area contributed by atoms with Crippen LogP contribution >= 0.6 is 0 Å². The lowest BCUT2D eigenvalue weighted by molar-refractivity contribution is 0.170. The van der Waals surface area contributed by atoms with Gasteiger partial charge in [0, 0.05) is 17.8 Å². The SMILES string of the molecule is CCc1c(C)nn(CCCCC(C)(CO)NC)c1C. The fourth-order valence-corrected chi connectivity index (χ4v) is 2.52. The molecule has 1 aromatic rings. The van der Waals surface area contributed by atoms with Crippen molar-refractivity contribution < 1.29 is 5.11 Å². The van der Waals surface area contributed by atoms with E-state index in [4.69, 9.17) is 0 Å². The van der Waals surface area contributed by atoms with Gasteiger partial charge in [0.05, 0.1) is 12.3 Å². The van der Waals surface area contributed by atoms with Crippen molar-refractivity contribution in [1.82, 2.24) is 15.1 Å². The number of aromatic nitrogens is 2. The van der Waals surface area contributed by atoms with E-state index < -0.39 is 0 Å². The molecule has 4 heteroatoms. The highest BCUT2D eigenvalue weighted by Gasteiger charge is 2.19. The Morgan fingerprint density at radius 2 is 2.00 bits per heavy atom. The number of hydrogen-bond acceptors (Lipinski definition) is 3. The Labute approximate surface area is 117 Å². The van der Waals surface area contributed by atoms with Gasteiger partial charge in [0.25, 0.3) is 0 Å². The first-order valence-corrected chi connectivity index (χ1v) is 7.30.